The third kappa shape index (κ3) is 5.29. The van der Waals surface area contributed by atoms with E-state index in [1.807, 2.05) is 24.3 Å². The largest absolute Gasteiger partial charge is 0.488 e. The number of rotatable bonds is 10. The number of furan rings is 1. The van der Waals surface area contributed by atoms with E-state index < -0.39 is 5.97 Å². The van der Waals surface area contributed by atoms with Crippen molar-refractivity contribution in [3.05, 3.63) is 64.4 Å². The minimum absolute atomic E-state index is 0.106. The molecule has 0 unspecified atom stereocenters. The topological polar surface area (TPSA) is 81.3 Å². The summed E-state index contributed by atoms with van der Waals surface area (Å²) in [6, 6.07) is 12.2. The van der Waals surface area contributed by atoms with E-state index in [2.05, 4.69) is 12.1 Å². The van der Waals surface area contributed by atoms with Crippen molar-refractivity contribution in [1.29, 1.82) is 0 Å². The molecule has 0 spiro atoms. The molecule has 1 aromatic heterocycles. The van der Waals surface area contributed by atoms with Crippen molar-refractivity contribution in [2.75, 3.05) is 13.2 Å². The Morgan fingerprint density at radius 3 is 2.83 bits per heavy atom. The molecule has 1 N–H and O–H groups in total. The summed E-state index contributed by atoms with van der Waals surface area (Å²) in [5.41, 5.74) is 1.87. The highest BCUT2D eigenvalue weighted by Crippen LogP contribution is 2.26. The van der Waals surface area contributed by atoms with Gasteiger partial charge in [0, 0.05) is 17.4 Å². The van der Waals surface area contributed by atoms with Crippen LogP contribution in [0.1, 0.15) is 41.4 Å². The highest BCUT2D eigenvalue weighted by Gasteiger charge is 2.12. The van der Waals surface area contributed by atoms with Crippen molar-refractivity contribution < 1.29 is 23.9 Å². The molecule has 0 aliphatic heterocycles. The SMILES string of the molecule is CCCCc1oc2ccccc2c1C=NOCCOc1ccc(C(=O)O)cc1Cl. The van der Waals surface area contributed by atoms with Gasteiger partial charge in [-0.05, 0) is 30.7 Å². The van der Waals surface area contributed by atoms with E-state index in [0.717, 1.165) is 41.6 Å². The molecule has 0 atom stereocenters. The molecule has 0 radical (unpaired) electrons. The van der Waals surface area contributed by atoms with Crippen molar-refractivity contribution in [3.63, 3.8) is 0 Å². The number of carboxylic acids is 1. The van der Waals surface area contributed by atoms with Crippen LogP contribution in [0.4, 0.5) is 0 Å². The molecule has 6 nitrogen and oxygen atoms in total. The third-order valence-electron chi connectivity index (χ3n) is 4.34. The van der Waals surface area contributed by atoms with Crippen molar-refractivity contribution in [3.8, 4) is 5.75 Å². The number of hydrogen-bond donors (Lipinski definition) is 1. The minimum Gasteiger partial charge on any atom is -0.488 e. The van der Waals surface area contributed by atoms with Gasteiger partial charge in [-0.25, -0.2) is 4.79 Å². The van der Waals surface area contributed by atoms with Crippen LogP contribution in [0.5, 0.6) is 5.75 Å². The summed E-state index contributed by atoms with van der Waals surface area (Å²) >= 11 is 6.03. The number of ether oxygens (including phenoxy) is 1. The first-order valence-electron chi connectivity index (χ1n) is 9.41. The molecule has 0 bridgehead atoms. The van der Waals surface area contributed by atoms with Crippen LogP contribution in [-0.2, 0) is 11.3 Å². The molecule has 0 aliphatic rings. The Hall–Kier alpha value is -2.99. The third-order valence-corrected chi connectivity index (χ3v) is 4.63. The Balaban J connectivity index is 1.56. The summed E-state index contributed by atoms with van der Waals surface area (Å²) in [6.45, 7) is 2.58. The molecule has 0 aliphatic carbocycles. The average Bonchev–Trinajstić information content (AvgIpc) is 3.07. The van der Waals surface area contributed by atoms with Crippen molar-refractivity contribution in [2.45, 2.75) is 26.2 Å². The van der Waals surface area contributed by atoms with Crippen molar-refractivity contribution >= 4 is 34.8 Å². The molecule has 0 fully saturated rings. The minimum atomic E-state index is -1.04. The second-order valence-corrected chi connectivity index (χ2v) is 6.81. The number of aryl methyl sites for hydroxylation is 1. The van der Waals surface area contributed by atoms with Crippen LogP contribution in [0, 0.1) is 0 Å². The van der Waals surface area contributed by atoms with E-state index in [0.29, 0.717) is 5.75 Å². The van der Waals surface area contributed by atoms with Gasteiger partial charge in [0.05, 0.1) is 16.8 Å². The predicted molar refractivity (Wildman–Crippen MR) is 112 cm³/mol. The van der Waals surface area contributed by atoms with E-state index in [9.17, 15) is 4.79 Å². The smallest absolute Gasteiger partial charge is 0.335 e. The number of oxime groups is 1. The summed E-state index contributed by atoms with van der Waals surface area (Å²) < 4.78 is 11.5. The fourth-order valence-corrected chi connectivity index (χ4v) is 3.10. The molecule has 7 heteroatoms. The monoisotopic (exact) mass is 415 g/mol. The molecule has 2 aromatic carbocycles. The number of carboxylic acid groups (broad SMARTS) is 1. The van der Waals surface area contributed by atoms with Gasteiger partial charge < -0.3 is 19.1 Å². The number of carbonyl (C=O) groups is 1. The number of hydrogen-bond acceptors (Lipinski definition) is 5. The molecular weight excluding hydrogens is 394 g/mol. The number of unbranched alkanes of at least 4 members (excludes halogenated alkanes) is 1. The maximum absolute atomic E-state index is 10.9. The first kappa shape index (κ1) is 20.7. The van der Waals surface area contributed by atoms with Gasteiger partial charge in [0.2, 0.25) is 0 Å². The van der Waals surface area contributed by atoms with Crippen LogP contribution in [-0.4, -0.2) is 30.5 Å². The normalized spacial score (nSPS) is 11.2. The van der Waals surface area contributed by atoms with Crippen LogP contribution in [0.3, 0.4) is 0 Å². The number of aromatic carboxylic acids is 1. The number of halogens is 1. The van der Waals surface area contributed by atoms with Crippen LogP contribution >= 0.6 is 11.6 Å². The predicted octanol–water partition coefficient (Wildman–Crippen LogP) is 5.56. The van der Waals surface area contributed by atoms with Crippen LogP contribution < -0.4 is 4.74 Å². The Kier molecular flexibility index (Phi) is 7.14. The maximum Gasteiger partial charge on any atom is 0.335 e. The van der Waals surface area contributed by atoms with E-state index in [1.54, 1.807) is 6.21 Å². The van der Waals surface area contributed by atoms with Gasteiger partial charge in [-0.1, -0.05) is 48.3 Å². The average molecular weight is 416 g/mol. The van der Waals surface area contributed by atoms with Gasteiger partial charge in [-0.15, -0.1) is 0 Å². The molecule has 3 aromatic rings. The first-order valence-corrected chi connectivity index (χ1v) is 9.79. The highest BCUT2D eigenvalue weighted by molar-refractivity contribution is 6.32. The van der Waals surface area contributed by atoms with Crippen molar-refractivity contribution in [1.82, 2.24) is 0 Å². The lowest BCUT2D eigenvalue weighted by atomic mass is 10.1. The van der Waals surface area contributed by atoms with Gasteiger partial charge in [-0.3, -0.25) is 0 Å². The summed E-state index contributed by atoms with van der Waals surface area (Å²) in [4.78, 5) is 16.2. The van der Waals surface area contributed by atoms with E-state index >= 15 is 0 Å². The zero-order valence-electron chi connectivity index (χ0n) is 16.1. The van der Waals surface area contributed by atoms with E-state index in [-0.39, 0.29) is 23.8 Å². The van der Waals surface area contributed by atoms with Gasteiger partial charge in [0.15, 0.2) is 6.61 Å². The van der Waals surface area contributed by atoms with Gasteiger partial charge >= 0.3 is 5.97 Å². The summed E-state index contributed by atoms with van der Waals surface area (Å²) in [7, 11) is 0. The van der Waals surface area contributed by atoms with Crippen LogP contribution in [0.25, 0.3) is 11.0 Å². The Morgan fingerprint density at radius 1 is 1.24 bits per heavy atom. The van der Waals surface area contributed by atoms with E-state index in [4.69, 9.17) is 30.7 Å². The highest BCUT2D eigenvalue weighted by atomic mass is 35.5. The number of nitrogens with zero attached hydrogens (tertiary/aromatic N) is 1. The Labute approximate surface area is 173 Å². The molecule has 0 saturated carbocycles. The summed E-state index contributed by atoms with van der Waals surface area (Å²) in [5, 5.41) is 14.2. The molecule has 0 amide bonds. The lowest BCUT2D eigenvalue weighted by Crippen LogP contribution is -2.05. The fraction of sp³-hybridized carbons (Fsp3) is 0.273. The zero-order valence-corrected chi connectivity index (χ0v) is 16.8. The summed E-state index contributed by atoms with van der Waals surface area (Å²) in [5.74, 6) is 0.259. The molecule has 29 heavy (non-hydrogen) atoms. The lowest BCUT2D eigenvalue weighted by molar-refractivity contribution is 0.0696. The molecule has 152 valence electrons. The quantitative estimate of drug-likeness (QED) is 0.266. The molecule has 1 heterocycles. The van der Waals surface area contributed by atoms with Gasteiger partial charge in [0.1, 0.15) is 23.7 Å². The molecular formula is C22H22ClNO5. The number of benzene rings is 2. The lowest BCUT2D eigenvalue weighted by Gasteiger charge is -2.07. The second kappa shape index (κ2) is 9.98. The molecule has 0 saturated heterocycles. The first-order chi connectivity index (χ1) is 14.1. The number of para-hydroxylation sites is 1. The fourth-order valence-electron chi connectivity index (χ4n) is 2.86. The summed E-state index contributed by atoms with van der Waals surface area (Å²) in [6.07, 6.45) is 4.64. The zero-order chi connectivity index (χ0) is 20.6. The van der Waals surface area contributed by atoms with Crippen LogP contribution in [0.2, 0.25) is 5.02 Å². The van der Waals surface area contributed by atoms with Crippen molar-refractivity contribution in [2.24, 2.45) is 5.16 Å². The Bertz CT molecular complexity index is 1010. The molecule has 3 rings (SSSR count). The maximum atomic E-state index is 10.9. The number of fused-ring (bicyclic) bond motifs is 1. The van der Waals surface area contributed by atoms with E-state index in [1.165, 1.54) is 18.2 Å². The Morgan fingerprint density at radius 2 is 2.07 bits per heavy atom. The van der Waals surface area contributed by atoms with Gasteiger partial charge in [0.25, 0.3) is 0 Å². The van der Waals surface area contributed by atoms with Gasteiger partial charge in [-0.2, -0.15) is 0 Å². The standard InChI is InChI=1S/C22H22ClNO5/c1-2-3-7-20-17(16-6-4-5-8-19(16)29-20)14-24-28-12-11-27-21-10-9-15(22(25)26)13-18(21)23/h4-6,8-10,13-14H,2-3,7,11-12H2,1H3,(H,25,26). The second-order valence-electron chi connectivity index (χ2n) is 6.41. The van der Waals surface area contributed by atoms with Crippen LogP contribution in [0.15, 0.2) is 52.0 Å².